The number of aromatic amines is 1. The number of benzene rings is 1. The van der Waals surface area contributed by atoms with Crippen LogP contribution in [0.1, 0.15) is 20.8 Å². The Morgan fingerprint density at radius 2 is 2.12 bits per heavy atom. The summed E-state index contributed by atoms with van der Waals surface area (Å²) in [6.45, 7) is 8.43. The lowest BCUT2D eigenvalue weighted by atomic mass is 10.0. The van der Waals surface area contributed by atoms with Crippen LogP contribution in [-0.4, -0.2) is 23.7 Å². The van der Waals surface area contributed by atoms with Crippen molar-refractivity contribution in [2.75, 3.05) is 18.1 Å². The molecule has 3 rings (SSSR count). The van der Waals surface area contributed by atoms with Crippen LogP contribution >= 0.6 is 0 Å². The van der Waals surface area contributed by atoms with Crippen LogP contribution in [0.15, 0.2) is 24.4 Å². The van der Waals surface area contributed by atoms with Crippen molar-refractivity contribution >= 4 is 16.6 Å². The predicted octanol–water partition coefficient (Wildman–Crippen LogP) is 3.17. The molecule has 0 saturated carbocycles. The Hall–Kier alpha value is -1.64. The van der Waals surface area contributed by atoms with Gasteiger partial charge in [0.05, 0.1) is 12.2 Å². The van der Waals surface area contributed by atoms with Gasteiger partial charge in [0, 0.05) is 28.7 Å². The maximum absolute atomic E-state index is 5.76. The number of aromatic nitrogens is 1. The van der Waals surface area contributed by atoms with Crippen molar-refractivity contribution < 1.29 is 4.74 Å². The molecule has 0 unspecified atom stereocenters. The molecule has 1 N–H and O–H groups in total. The number of fused-ring (bicyclic) bond motifs is 2. The van der Waals surface area contributed by atoms with Gasteiger partial charge in [-0.1, -0.05) is 0 Å². The molecule has 1 aromatic carbocycles. The molecule has 0 fully saturated rings. The summed E-state index contributed by atoms with van der Waals surface area (Å²) in [6.07, 6.45) is 1.97. The fourth-order valence-corrected chi connectivity index (χ4v) is 2.46. The van der Waals surface area contributed by atoms with E-state index in [0.717, 1.165) is 24.4 Å². The molecule has 3 heteroatoms. The molecular formula is C14H18N2O. The largest absolute Gasteiger partial charge is 0.489 e. The zero-order valence-electron chi connectivity index (χ0n) is 10.6. The number of H-pyrrole nitrogens is 1. The molecule has 0 spiro atoms. The summed E-state index contributed by atoms with van der Waals surface area (Å²) >= 11 is 0. The molecule has 1 aliphatic heterocycles. The van der Waals surface area contributed by atoms with Gasteiger partial charge < -0.3 is 14.6 Å². The minimum atomic E-state index is 0.127. The third-order valence-electron chi connectivity index (χ3n) is 3.31. The van der Waals surface area contributed by atoms with E-state index in [2.05, 4.69) is 48.9 Å². The van der Waals surface area contributed by atoms with Crippen molar-refractivity contribution in [2.45, 2.75) is 26.3 Å². The van der Waals surface area contributed by atoms with Crippen LogP contribution in [0.2, 0.25) is 0 Å². The third kappa shape index (κ3) is 1.66. The number of ether oxygens (including phenoxy) is 1. The van der Waals surface area contributed by atoms with E-state index in [1.165, 1.54) is 11.1 Å². The van der Waals surface area contributed by atoms with Crippen LogP contribution in [0.5, 0.6) is 5.75 Å². The van der Waals surface area contributed by atoms with Gasteiger partial charge in [-0.15, -0.1) is 0 Å². The van der Waals surface area contributed by atoms with E-state index in [-0.39, 0.29) is 5.54 Å². The maximum Gasteiger partial charge on any atom is 0.144 e. The first-order valence-corrected chi connectivity index (χ1v) is 6.07. The Bertz CT molecular complexity index is 551. The monoisotopic (exact) mass is 230 g/mol. The van der Waals surface area contributed by atoms with Gasteiger partial charge in [-0.05, 0) is 32.9 Å². The average molecular weight is 230 g/mol. The minimum Gasteiger partial charge on any atom is -0.489 e. The van der Waals surface area contributed by atoms with Gasteiger partial charge in [0.2, 0.25) is 0 Å². The zero-order valence-corrected chi connectivity index (χ0v) is 10.6. The molecule has 0 aliphatic carbocycles. The number of hydrogen-bond acceptors (Lipinski definition) is 2. The highest BCUT2D eigenvalue weighted by molar-refractivity contribution is 5.87. The second kappa shape index (κ2) is 3.42. The highest BCUT2D eigenvalue weighted by Gasteiger charge is 2.27. The molecular weight excluding hydrogens is 212 g/mol. The normalized spacial score (nSPS) is 15.8. The molecule has 3 nitrogen and oxygen atoms in total. The Morgan fingerprint density at radius 3 is 2.88 bits per heavy atom. The van der Waals surface area contributed by atoms with E-state index < -0.39 is 0 Å². The molecule has 0 amide bonds. The smallest absolute Gasteiger partial charge is 0.144 e. The van der Waals surface area contributed by atoms with Crippen LogP contribution in [0.3, 0.4) is 0 Å². The summed E-state index contributed by atoms with van der Waals surface area (Å²) < 4.78 is 5.76. The van der Waals surface area contributed by atoms with Gasteiger partial charge in [0.15, 0.2) is 0 Å². The van der Waals surface area contributed by atoms with Gasteiger partial charge in [0.25, 0.3) is 0 Å². The van der Waals surface area contributed by atoms with Gasteiger partial charge in [0.1, 0.15) is 12.4 Å². The number of hydrogen-bond donors (Lipinski definition) is 1. The third-order valence-corrected chi connectivity index (χ3v) is 3.31. The predicted molar refractivity (Wildman–Crippen MR) is 70.9 cm³/mol. The quantitative estimate of drug-likeness (QED) is 0.753. The van der Waals surface area contributed by atoms with Crippen LogP contribution in [-0.2, 0) is 0 Å². The van der Waals surface area contributed by atoms with Crippen LogP contribution in [0, 0.1) is 0 Å². The number of anilines is 1. The summed E-state index contributed by atoms with van der Waals surface area (Å²) in [4.78, 5) is 5.64. The first-order chi connectivity index (χ1) is 8.05. The maximum atomic E-state index is 5.76. The first-order valence-electron chi connectivity index (χ1n) is 6.07. The van der Waals surface area contributed by atoms with Crippen LogP contribution in [0.4, 0.5) is 5.69 Å². The average Bonchev–Trinajstić information content (AvgIpc) is 2.70. The second-order valence-electron chi connectivity index (χ2n) is 5.56. The number of nitrogens with one attached hydrogen (secondary N) is 1. The van der Waals surface area contributed by atoms with Crippen molar-refractivity contribution in [3.8, 4) is 5.75 Å². The zero-order chi connectivity index (χ0) is 12.0. The molecule has 0 saturated heterocycles. The molecule has 17 heavy (non-hydrogen) atoms. The lowest BCUT2D eigenvalue weighted by Crippen LogP contribution is -2.46. The number of nitrogens with zero attached hydrogens (tertiary/aromatic N) is 1. The molecule has 1 aromatic heterocycles. The van der Waals surface area contributed by atoms with Crippen molar-refractivity contribution in [3.63, 3.8) is 0 Å². The summed E-state index contributed by atoms with van der Waals surface area (Å²) in [5.41, 5.74) is 2.47. The van der Waals surface area contributed by atoms with Crippen LogP contribution in [0.25, 0.3) is 10.9 Å². The molecule has 0 bridgehead atoms. The highest BCUT2D eigenvalue weighted by Crippen LogP contribution is 2.38. The molecule has 90 valence electrons. The lowest BCUT2D eigenvalue weighted by molar-refractivity contribution is 0.290. The van der Waals surface area contributed by atoms with E-state index in [1.807, 2.05) is 6.20 Å². The summed E-state index contributed by atoms with van der Waals surface area (Å²) in [6, 6.07) is 6.42. The minimum absolute atomic E-state index is 0.127. The van der Waals surface area contributed by atoms with E-state index in [0.29, 0.717) is 0 Å². The van der Waals surface area contributed by atoms with Crippen molar-refractivity contribution in [2.24, 2.45) is 0 Å². The SMILES string of the molecule is CC(C)(C)N1CCOc2cc3[nH]ccc3cc21. The molecule has 2 heterocycles. The van der Waals surface area contributed by atoms with E-state index in [1.54, 1.807) is 0 Å². The van der Waals surface area contributed by atoms with Gasteiger partial charge in [-0.25, -0.2) is 0 Å². The first kappa shape index (κ1) is 10.5. The topological polar surface area (TPSA) is 28.3 Å². The Labute approximate surface area is 101 Å². The fraction of sp³-hybridized carbons (Fsp3) is 0.429. The Balaban J connectivity index is 2.18. The molecule has 1 aliphatic rings. The molecule has 2 aromatic rings. The number of rotatable bonds is 0. The van der Waals surface area contributed by atoms with Gasteiger partial charge in [-0.2, -0.15) is 0 Å². The summed E-state index contributed by atoms with van der Waals surface area (Å²) in [5.74, 6) is 0.987. The fourth-order valence-electron chi connectivity index (χ4n) is 2.46. The lowest BCUT2D eigenvalue weighted by Gasteiger charge is -2.41. The molecule has 0 radical (unpaired) electrons. The highest BCUT2D eigenvalue weighted by atomic mass is 16.5. The summed E-state index contributed by atoms with van der Waals surface area (Å²) in [7, 11) is 0. The Morgan fingerprint density at radius 1 is 1.29 bits per heavy atom. The van der Waals surface area contributed by atoms with Crippen LogP contribution < -0.4 is 9.64 Å². The van der Waals surface area contributed by atoms with E-state index in [9.17, 15) is 0 Å². The second-order valence-corrected chi connectivity index (χ2v) is 5.56. The standard InChI is InChI=1S/C14H18N2O/c1-14(2,3)16-6-7-17-13-9-11-10(4-5-15-11)8-12(13)16/h4-5,8-9,15H,6-7H2,1-3H3. The van der Waals surface area contributed by atoms with Crippen molar-refractivity contribution in [1.82, 2.24) is 4.98 Å². The molecule has 0 atom stereocenters. The van der Waals surface area contributed by atoms with Crippen molar-refractivity contribution in [1.29, 1.82) is 0 Å². The van der Waals surface area contributed by atoms with Crippen molar-refractivity contribution in [3.05, 3.63) is 24.4 Å². The van der Waals surface area contributed by atoms with Gasteiger partial charge >= 0.3 is 0 Å². The van der Waals surface area contributed by atoms with E-state index in [4.69, 9.17) is 4.74 Å². The Kier molecular flexibility index (Phi) is 2.12. The van der Waals surface area contributed by atoms with E-state index >= 15 is 0 Å². The van der Waals surface area contributed by atoms with Gasteiger partial charge in [-0.3, -0.25) is 0 Å². The summed E-state index contributed by atoms with van der Waals surface area (Å²) in [5, 5.41) is 1.24.